The maximum absolute atomic E-state index is 11.9. The van der Waals surface area contributed by atoms with Crippen molar-refractivity contribution in [1.82, 2.24) is 15.5 Å². The van der Waals surface area contributed by atoms with Crippen LogP contribution >= 0.6 is 12.2 Å². The summed E-state index contributed by atoms with van der Waals surface area (Å²) in [6.07, 6.45) is 1.58. The molecule has 96 valence electrons. The molecule has 2 aromatic rings. The van der Waals surface area contributed by atoms with E-state index in [1.807, 2.05) is 0 Å². The highest BCUT2D eigenvalue weighted by atomic mass is 32.1. The van der Waals surface area contributed by atoms with Gasteiger partial charge in [0.15, 0.2) is 0 Å². The normalized spacial score (nSPS) is 9.89. The fourth-order valence-corrected chi connectivity index (χ4v) is 1.62. The monoisotopic (exact) mass is 272 g/mol. The number of carbonyl (C=O) groups excluding carboxylic acids is 1. The molecule has 0 saturated carbocycles. The van der Waals surface area contributed by atoms with Crippen molar-refractivity contribution >= 4 is 23.1 Å². The maximum atomic E-state index is 11.9. The topological polar surface area (TPSA) is 80.9 Å². The molecule has 0 unspecified atom stereocenters. The average Bonchev–Trinajstić information content (AvgIpc) is 2.46. The number of rotatable bonds is 4. The fraction of sp³-hybridized carbons (Fsp3) is 0.0769. The van der Waals surface area contributed by atoms with Crippen LogP contribution in [0.3, 0.4) is 0 Å². The van der Waals surface area contributed by atoms with E-state index >= 15 is 0 Å². The minimum atomic E-state index is -0.180. The van der Waals surface area contributed by atoms with Gasteiger partial charge in [-0.3, -0.25) is 4.79 Å². The molecule has 0 spiro atoms. The van der Waals surface area contributed by atoms with Crippen LogP contribution in [0.25, 0.3) is 0 Å². The van der Waals surface area contributed by atoms with E-state index in [0.717, 1.165) is 5.56 Å². The molecule has 1 amide bonds. The van der Waals surface area contributed by atoms with Crippen molar-refractivity contribution in [2.45, 2.75) is 6.54 Å². The van der Waals surface area contributed by atoms with E-state index in [-0.39, 0.29) is 5.91 Å². The Bertz CT molecular complexity index is 583. The van der Waals surface area contributed by atoms with Gasteiger partial charge in [0.2, 0.25) is 0 Å². The third-order valence-corrected chi connectivity index (χ3v) is 2.72. The number of hydrogen-bond donors (Lipinski definition) is 2. The minimum absolute atomic E-state index is 0.180. The summed E-state index contributed by atoms with van der Waals surface area (Å²) < 4.78 is 0. The van der Waals surface area contributed by atoms with Gasteiger partial charge in [-0.25, -0.2) is 0 Å². The SMILES string of the molecule is NC(=S)c1ccc(C(=O)NCc2cccnn2)cc1. The quantitative estimate of drug-likeness (QED) is 0.813. The summed E-state index contributed by atoms with van der Waals surface area (Å²) in [5, 5.41) is 10.4. The van der Waals surface area contributed by atoms with Crippen molar-refractivity contribution in [1.29, 1.82) is 0 Å². The van der Waals surface area contributed by atoms with Crippen LogP contribution in [-0.4, -0.2) is 21.1 Å². The van der Waals surface area contributed by atoms with Gasteiger partial charge < -0.3 is 11.1 Å². The van der Waals surface area contributed by atoms with Gasteiger partial charge >= 0.3 is 0 Å². The van der Waals surface area contributed by atoms with Gasteiger partial charge in [-0.2, -0.15) is 10.2 Å². The Kier molecular flexibility index (Phi) is 4.15. The Hall–Kier alpha value is -2.34. The third kappa shape index (κ3) is 3.56. The van der Waals surface area contributed by atoms with Gasteiger partial charge in [-0.05, 0) is 24.3 Å². The Balaban J connectivity index is 1.98. The maximum Gasteiger partial charge on any atom is 0.251 e. The van der Waals surface area contributed by atoms with Crippen molar-refractivity contribution in [2.24, 2.45) is 5.73 Å². The van der Waals surface area contributed by atoms with E-state index in [4.69, 9.17) is 18.0 Å². The highest BCUT2D eigenvalue weighted by Gasteiger charge is 2.06. The Labute approximate surface area is 115 Å². The molecule has 1 aromatic carbocycles. The minimum Gasteiger partial charge on any atom is -0.389 e. The van der Waals surface area contributed by atoms with Crippen molar-refractivity contribution in [3.8, 4) is 0 Å². The highest BCUT2D eigenvalue weighted by molar-refractivity contribution is 7.80. The fourth-order valence-electron chi connectivity index (χ4n) is 1.49. The molecule has 2 rings (SSSR count). The van der Waals surface area contributed by atoms with Gasteiger partial charge in [0.1, 0.15) is 4.99 Å². The second-order valence-electron chi connectivity index (χ2n) is 3.84. The summed E-state index contributed by atoms with van der Waals surface area (Å²) in [6, 6.07) is 10.4. The van der Waals surface area contributed by atoms with Crippen LogP contribution < -0.4 is 11.1 Å². The van der Waals surface area contributed by atoms with Crippen molar-refractivity contribution < 1.29 is 4.79 Å². The summed E-state index contributed by atoms with van der Waals surface area (Å²) in [6.45, 7) is 0.337. The van der Waals surface area contributed by atoms with Crippen LogP contribution in [0.1, 0.15) is 21.6 Å². The molecule has 5 nitrogen and oxygen atoms in total. The Morgan fingerprint density at radius 1 is 1.21 bits per heavy atom. The second kappa shape index (κ2) is 6.01. The standard InChI is InChI=1S/C13H12N4OS/c14-12(19)9-3-5-10(6-4-9)13(18)15-8-11-2-1-7-16-17-11/h1-7H,8H2,(H2,14,19)(H,15,18). The predicted molar refractivity (Wildman–Crippen MR) is 75.5 cm³/mol. The van der Waals surface area contributed by atoms with Crippen molar-refractivity contribution in [3.63, 3.8) is 0 Å². The summed E-state index contributed by atoms with van der Waals surface area (Å²) in [4.78, 5) is 12.2. The molecule has 1 heterocycles. The van der Waals surface area contributed by atoms with Gasteiger partial charge in [0.05, 0.1) is 12.2 Å². The van der Waals surface area contributed by atoms with E-state index < -0.39 is 0 Å². The smallest absolute Gasteiger partial charge is 0.251 e. The molecule has 1 aromatic heterocycles. The Morgan fingerprint density at radius 3 is 2.47 bits per heavy atom. The summed E-state index contributed by atoms with van der Waals surface area (Å²) >= 11 is 4.85. The number of benzene rings is 1. The number of aromatic nitrogens is 2. The van der Waals surface area contributed by atoms with E-state index in [0.29, 0.717) is 22.8 Å². The van der Waals surface area contributed by atoms with Gasteiger partial charge in [-0.1, -0.05) is 24.4 Å². The van der Waals surface area contributed by atoms with Gasteiger partial charge in [-0.15, -0.1) is 0 Å². The summed E-state index contributed by atoms with van der Waals surface area (Å²) in [5.41, 5.74) is 7.48. The first-order valence-corrected chi connectivity index (χ1v) is 6.02. The number of nitrogens with one attached hydrogen (secondary N) is 1. The molecular formula is C13H12N4OS. The molecule has 0 saturated heterocycles. The molecule has 0 aliphatic rings. The second-order valence-corrected chi connectivity index (χ2v) is 4.28. The molecule has 0 radical (unpaired) electrons. The molecule has 0 fully saturated rings. The highest BCUT2D eigenvalue weighted by Crippen LogP contribution is 2.04. The Morgan fingerprint density at radius 2 is 1.89 bits per heavy atom. The summed E-state index contributed by atoms with van der Waals surface area (Å²) in [7, 11) is 0. The predicted octanol–water partition coefficient (Wildman–Crippen LogP) is 1.04. The number of hydrogen-bond acceptors (Lipinski definition) is 4. The molecule has 3 N–H and O–H groups in total. The lowest BCUT2D eigenvalue weighted by molar-refractivity contribution is 0.0950. The zero-order chi connectivity index (χ0) is 13.7. The number of thiocarbonyl (C=S) groups is 1. The lowest BCUT2D eigenvalue weighted by atomic mass is 10.1. The number of amides is 1. The van der Waals surface area contributed by atoms with Crippen LogP contribution in [0.5, 0.6) is 0 Å². The lowest BCUT2D eigenvalue weighted by Crippen LogP contribution is -2.23. The third-order valence-electron chi connectivity index (χ3n) is 2.49. The average molecular weight is 272 g/mol. The molecular weight excluding hydrogens is 260 g/mol. The van der Waals surface area contributed by atoms with Crippen LogP contribution in [0, 0.1) is 0 Å². The van der Waals surface area contributed by atoms with Gasteiger partial charge in [0.25, 0.3) is 5.91 Å². The van der Waals surface area contributed by atoms with Crippen LogP contribution in [0.4, 0.5) is 0 Å². The van der Waals surface area contributed by atoms with E-state index in [2.05, 4.69) is 15.5 Å². The van der Waals surface area contributed by atoms with Crippen molar-refractivity contribution in [3.05, 3.63) is 59.4 Å². The molecule has 0 aliphatic heterocycles. The van der Waals surface area contributed by atoms with E-state index in [1.165, 1.54) is 0 Å². The first-order chi connectivity index (χ1) is 9.16. The largest absolute Gasteiger partial charge is 0.389 e. The van der Waals surface area contributed by atoms with E-state index in [9.17, 15) is 4.79 Å². The first-order valence-electron chi connectivity index (χ1n) is 5.61. The van der Waals surface area contributed by atoms with Gasteiger partial charge in [0, 0.05) is 17.3 Å². The zero-order valence-electron chi connectivity index (χ0n) is 10.0. The number of nitrogens with zero attached hydrogens (tertiary/aromatic N) is 2. The molecule has 0 aliphatic carbocycles. The van der Waals surface area contributed by atoms with Crippen LogP contribution in [0.15, 0.2) is 42.6 Å². The lowest BCUT2D eigenvalue weighted by Gasteiger charge is -2.05. The molecule has 0 bridgehead atoms. The number of carbonyl (C=O) groups is 1. The van der Waals surface area contributed by atoms with Crippen LogP contribution in [0.2, 0.25) is 0 Å². The summed E-state index contributed by atoms with van der Waals surface area (Å²) in [5.74, 6) is -0.180. The molecule has 6 heteroatoms. The number of nitrogens with two attached hydrogens (primary N) is 1. The van der Waals surface area contributed by atoms with Crippen LogP contribution in [-0.2, 0) is 6.54 Å². The zero-order valence-corrected chi connectivity index (χ0v) is 10.9. The molecule has 19 heavy (non-hydrogen) atoms. The first kappa shape index (κ1) is 13.1. The van der Waals surface area contributed by atoms with E-state index in [1.54, 1.807) is 42.6 Å². The molecule has 0 atom stereocenters. The van der Waals surface area contributed by atoms with Crippen molar-refractivity contribution in [2.75, 3.05) is 0 Å².